The smallest absolute Gasteiger partial charge is 0.207 e. The number of hydrogen-bond acceptors (Lipinski definition) is 2. The van der Waals surface area contributed by atoms with Crippen molar-refractivity contribution in [2.45, 2.75) is 44.6 Å². The molecule has 2 rings (SSSR count). The summed E-state index contributed by atoms with van der Waals surface area (Å²) in [4.78, 5) is 0.344. The molecule has 1 heterocycles. The predicted octanol–water partition coefficient (Wildman–Crippen LogP) is 4.33. The molecule has 0 N–H and O–H groups in total. The third-order valence-electron chi connectivity index (χ3n) is 3.88. The average Bonchev–Trinajstić information content (AvgIpc) is 2.33. The maximum atomic E-state index is 12.9. The van der Waals surface area contributed by atoms with Gasteiger partial charge < -0.3 is 0 Å². The fraction of sp³-hybridized carbons (Fsp3) is 0.571. The molecule has 0 aromatic heterocycles. The molecular formula is C14H19Br2NO2S. The van der Waals surface area contributed by atoms with E-state index in [-0.39, 0.29) is 6.04 Å². The molecule has 6 heteroatoms. The number of piperidine rings is 1. The SMILES string of the molecule is Cc1cc(Br)c(S(=O)(=O)N2CCC(C)CC2C)cc1Br. The quantitative estimate of drug-likeness (QED) is 0.708. The highest BCUT2D eigenvalue weighted by Gasteiger charge is 2.34. The van der Waals surface area contributed by atoms with Gasteiger partial charge in [-0.15, -0.1) is 0 Å². The van der Waals surface area contributed by atoms with Crippen molar-refractivity contribution in [3.05, 3.63) is 26.6 Å². The first kappa shape index (κ1) is 16.5. The lowest BCUT2D eigenvalue weighted by Crippen LogP contribution is -2.44. The Morgan fingerprint density at radius 2 is 1.85 bits per heavy atom. The second-order valence-corrected chi connectivity index (χ2v) is 9.19. The van der Waals surface area contributed by atoms with E-state index in [1.54, 1.807) is 10.4 Å². The van der Waals surface area contributed by atoms with E-state index in [1.807, 2.05) is 19.9 Å². The average molecular weight is 425 g/mol. The van der Waals surface area contributed by atoms with Crippen molar-refractivity contribution in [3.63, 3.8) is 0 Å². The van der Waals surface area contributed by atoms with Gasteiger partial charge in [0.25, 0.3) is 0 Å². The molecule has 0 bridgehead atoms. The first-order chi connectivity index (χ1) is 9.23. The molecule has 0 saturated carbocycles. The third kappa shape index (κ3) is 3.13. The molecule has 1 aliphatic rings. The highest BCUT2D eigenvalue weighted by atomic mass is 79.9. The fourth-order valence-electron chi connectivity index (χ4n) is 2.69. The number of sulfonamides is 1. The van der Waals surface area contributed by atoms with Crippen LogP contribution in [0.2, 0.25) is 0 Å². The summed E-state index contributed by atoms with van der Waals surface area (Å²) < 4.78 is 28.8. The Bertz CT molecular complexity index is 616. The summed E-state index contributed by atoms with van der Waals surface area (Å²) in [6.07, 6.45) is 1.85. The topological polar surface area (TPSA) is 37.4 Å². The van der Waals surface area contributed by atoms with E-state index in [0.717, 1.165) is 22.9 Å². The Hall–Kier alpha value is 0.0900. The van der Waals surface area contributed by atoms with Gasteiger partial charge in [-0.2, -0.15) is 4.31 Å². The second-order valence-electron chi connectivity index (χ2n) is 5.63. The van der Waals surface area contributed by atoms with Crippen molar-refractivity contribution in [1.29, 1.82) is 0 Å². The van der Waals surface area contributed by atoms with Crippen LogP contribution in [0.1, 0.15) is 32.3 Å². The minimum absolute atomic E-state index is 0.0516. The monoisotopic (exact) mass is 423 g/mol. The van der Waals surface area contributed by atoms with Gasteiger partial charge in [0.1, 0.15) is 0 Å². The lowest BCUT2D eigenvalue weighted by molar-refractivity contribution is 0.220. The first-order valence-electron chi connectivity index (χ1n) is 6.71. The van der Waals surface area contributed by atoms with Crippen LogP contribution in [0.3, 0.4) is 0 Å². The van der Waals surface area contributed by atoms with E-state index in [9.17, 15) is 8.42 Å². The molecule has 112 valence electrons. The lowest BCUT2D eigenvalue weighted by atomic mass is 9.95. The summed E-state index contributed by atoms with van der Waals surface area (Å²) in [7, 11) is -3.45. The number of hydrogen-bond donors (Lipinski definition) is 0. The Morgan fingerprint density at radius 1 is 1.20 bits per heavy atom. The number of aryl methyl sites for hydroxylation is 1. The van der Waals surface area contributed by atoms with Crippen LogP contribution in [0.25, 0.3) is 0 Å². The van der Waals surface area contributed by atoms with E-state index in [0.29, 0.717) is 21.8 Å². The van der Waals surface area contributed by atoms with Crippen LogP contribution >= 0.6 is 31.9 Å². The van der Waals surface area contributed by atoms with E-state index in [1.165, 1.54) is 0 Å². The normalized spacial score (nSPS) is 24.9. The van der Waals surface area contributed by atoms with Gasteiger partial charge in [-0.1, -0.05) is 22.9 Å². The molecule has 2 unspecified atom stereocenters. The minimum atomic E-state index is -3.45. The van der Waals surface area contributed by atoms with E-state index >= 15 is 0 Å². The third-order valence-corrected chi connectivity index (χ3v) is 7.70. The molecule has 0 amide bonds. The van der Waals surface area contributed by atoms with Crippen molar-refractivity contribution >= 4 is 41.9 Å². The number of rotatable bonds is 2. The van der Waals surface area contributed by atoms with Crippen molar-refractivity contribution in [2.75, 3.05) is 6.54 Å². The van der Waals surface area contributed by atoms with Gasteiger partial charge in [0.2, 0.25) is 10.0 Å². The fourth-order valence-corrected chi connectivity index (χ4v) is 5.99. The van der Waals surface area contributed by atoms with Crippen molar-refractivity contribution in [1.82, 2.24) is 4.31 Å². The Labute approximate surface area is 138 Å². The van der Waals surface area contributed by atoms with Gasteiger partial charge in [-0.05, 0) is 66.2 Å². The lowest BCUT2D eigenvalue weighted by Gasteiger charge is -2.35. The van der Waals surface area contributed by atoms with Gasteiger partial charge in [-0.3, -0.25) is 0 Å². The van der Waals surface area contributed by atoms with E-state index in [4.69, 9.17) is 0 Å². The molecule has 1 aromatic carbocycles. The highest BCUT2D eigenvalue weighted by molar-refractivity contribution is 9.11. The molecule has 20 heavy (non-hydrogen) atoms. The van der Waals surface area contributed by atoms with Gasteiger partial charge in [0.15, 0.2) is 0 Å². The Kier molecular flexibility index (Phi) is 4.99. The van der Waals surface area contributed by atoms with Crippen LogP contribution in [-0.4, -0.2) is 25.3 Å². The van der Waals surface area contributed by atoms with Crippen molar-refractivity contribution in [3.8, 4) is 0 Å². The molecule has 3 nitrogen and oxygen atoms in total. The van der Waals surface area contributed by atoms with E-state index < -0.39 is 10.0 Å². The van der Waals surface area contributed by atoms with Crippen LogP contribution in [0.15, 0.2) is 26.0 Å². The molecule has 1 fully saturated rings. The maximum Gasteiger partial charge on any atom is 0.244 e. The van der Waals surface area contributed by atoms with E-state index in [2.05, 4.69) is 38.8 Å². The van der Waals surface area contributed by atoms with Crippen LogP contribution in [0.4, 0.5) is 0 Å². The molecule has 0 radical (unpaired) electrons. The molecule has 1 saturated heterocycles. The molecular weight excluding hydrogens is 406 g/mol. The van der Waals surface area contributed by atoms with Gasteiger partial charge in [-0.25, -0.2) is 8.42 Å². The van der Waals surface area contributed by atoms with Crippen LogP contribution in [0.5, 0.6) is 0 Å². The zero-order chi connectivity index (χ0) is 15.1. The number of benzene rings is 1. The van der Waals surface area contributed by atoms with Crippen LogP contribution < -0.4 is 0 Å². The maximum absolute atomic E-state index is 12.9. The molecule has 1 aromatic rings. The molecule has 0 aliphatic carbocycles. The summed E-state index contributed by atoms with van der Waals surface area (Å²) in [6.45, 7) is 6.71. The zero-order valence-electron chi connectivity index (χ0n) is 11.9. The Morgan fingerprint density at radius 3 is 2.45 bits per heavy atom. The largest absolute Gasteiger partial charge is 0.244 e. The van der Waals surface area contributed by atoms with Crippen LogP contribution in [-0.2, 0) is 10.0 Å². The standard InChI is InChI=1S/C14H19Br2NO2S/c1-9-4-5-17(11(3)6-9)20(18,19)14-8-12(15)10(2)7-13(14)16/h7-9,11H,4-6H2,1-3H3. The molecule has 1 aliphatic heterocycles. The number of halogens is 2. The van der Waals surface area contributed by atoms with Crippen molar-refractivity contribution < 1.29 is 8.42 Å². The summed E-state index contributed by atoms with van der Waals surface area (Å²) in [6, 6.07) is 3.59. The zero-order valence-corrected chi connectivity index (χ0v) is 15.8. The predicted molar refractivity (Wildman–Crippen MR) is 88.3 cm³/mol. The van der Waals surface area contributed by atoms with Crippen LogP contribution in [0, 0.1) is 12.8 Å². The minimum Gasteiger partial charge on any atom is -0.207 e. The first-order valence-corrected chi connectivity index (χ1v) is 9.73. The summed E-state index contributed by atoms with van der Waals surface area (Å²) in [5.74, 6) is 0.588. The van der Waals surface area contributed by atoms with Crippen molar-refractivity contribution in [2.24, 2.45) is 5.92 Å². The summed E-state index contributed by atoms with van der Waals surface area (Å²) in [5.41, 5.74) is 1.01. The molecule has 0 spiro atoms. The summed E-state index contributed by atoms with van der Waals surface area (Å²) in [5, 5.41) is 0. The number of nitrogens with zero attached hydrogens (tertiary/aromatic N) is 1. The molecule has 2 atom stereocenters. The summed E-state index contributed by atoms with van der Waals surface area (Å²) >= 11 is 6.81. The van der Waals surface area contributed by atoms with Gasteiger partial charge in [0, 0.05) is 21.5 Å². The highest BCUT2D eigenvalue weighted by Crippen LogP contribution is 2.34. The van der Waals surface area contributed by atoms with Gasteiger partial charge in [0.05, 0.1) is 4.90 Å². The van der Waals surface area contributed by atoms with Gasteiger partial charge >= 0.3 is 0 Å². The second kappa shape index (κ2) is 6.07. The Balaban J connectivity index is 2.43.